The van der Waals surface area contributed by atoms with E-state index >= 15 is 0 Å². The maximum atomic E-state index is 12.8. The fourth-order valence-electron chi connectivity index (χ4n) is 4.18. The van der Waals surface area contributed by atoms with Gasteiger partial charge in [0.15, 0.2) is 0 Å². The topological polar surface area (TPSA) is 104 Å². The van der Waals surface area contributed by atoms with Crippen molar-refractivity contribution in [1.29, 1.82) is 0 Å². The van der Waals surface area contributed by atoms with E-state index in [2.05, 4.69) is 5.32 Å². The highest BCUT2D eigenvalue weighted by molar-refractivity contribution is 6.21. The molecule has 2 aliphatic rings. The van der Waals surface area contributed by atoms with Gasteiger partial charge in [0, 0.05) is 12.5 Å². The Labute approximate surface area is 164 Å². The van der Waals surface area contributed by atoms with Crippen molar-refractivity contribution in [1.82, 2.24) is 10.2 Å². The Kier molecular flexibility index (Phi) is 5.82. The second-order valence-electron chi connectivity index (χ2n) is 7.99. The summed E-state index contributed by atoms with van der Waals surface area (Å²) >= 11 is 0. The number of aliphatic carboxylic acids is 1. The average Bonchev–Trinajstić information content (AvgIpc) is 2.91. The predicted octanol–water partition coefficient (Wildman–Crippen LogP) is 2.31. The van der Waals surface area contributed by atoms with Crippen molar-refractivity contribution in [3.63, 3.8) is 0 Å². The monoisotopic (exact) mass is 386 g/mol. The number of carboxylic acids is 1. The molecule has 0 saturated heterocycles. The lowest BCUT2D eigenvalue weighted by Gasteiger charge is -2.33. The van der Waals surface area contributed by atoms with E-state index in [0.717, 1.165) is 19.3 Å². The summed E-state index contributed by atoms with van der Waals surface area (Å²) in [5.41, 5.74) is 0.796. The molecule has 1 aromatic rings. The average molecular weight is 386 g/mol. The number of amides is 3. The van der Waals surface area contributed by atoms with E-state index in [1.807, 2.05) is 0 Å². The lowest BCUT2D eigenvalue weighted by atomic mass is 9.78. The molecule has 1 fully saturated rings. The molecule has 1 aliphatic heterocycles. The number of nitrogens with zero attached hydrogens (tertiary/aromatic N) is 1. The predicted molar refractivity (Wildman–Crippen MR) is 102 cm³/mol. The van der Waals surface area contributed by atoms with E-state index < -0.39 is 17.9 Å². The zero-order valence-corrected chi connectivity index (χ0v) is 16.2. The van der Waals surface area contributed by atoms with Gasteiger partial charge < -0.3 is 10.4 Å². The fourth-order valence-corrected chi connectivity index (χ4v) is 4.18. The molecule has 0 spiro atoms. The Morgan fingerprint density at radius 2 is 1.68 bits per heavy atom. The van der Waals surface area contributed by atoms with Crippen molar-refractivity contribution in [3.8, 4) is 0 Å². The summed E-state index contributed by atoms with van der Waals surface area (Å²) < 4.78 is 0. The standard InChI is InChI=1S/C21H26N2O5/c1-12(2)17(21(27)28)22-18(24)14-8-4-3-7-13(14)11-23-19(25)15-9-5-6-10-16(15)20(23)26/h5-6,9-10,12-14,17H,3-4,7-8,11H2,1-2H3,(H,22,24)(H,27,28). The summed E-state index contributed by atoms with van der Waals surface area (Å²) in [6.07, 6.45) is 3.15. The Balaban J connectivity index is 1.74. The number of hydrogen-bond acceptors (Lipinski definition) is 4. The highest BCUT2D eigenvalue weighted by atomic mass is 16.4. The normalized spacial score (nSPS) is 22.9. The minimum Gasteiger partial charge on any atom is -0.480 e. The Hall–Kier alpha value is -2.70. The number of nitrogens with one attached hydrogen (secondary N) is 1. The number of carbonyl (C=O) groups excluding carboxylic acids is 3. The highest BCUT2D eigenvalue weighted by Crippen LogP contribution is 2.33. The maximum absolute atomic E-state index is 12.8. The summed E-state index contributed by atoms with van der Waals surface area (Å²) in [6.45, 7) is 3.68. The van der Waals surface area contributed by atoms with Gasteiger partial charge >= 0.3 is 5.97 Å². The molecule has 150 valence electrons. The number of imide groups is 1. The van der Waals surface area contributed by atoms with Crippen LogP contribution in [0.5, 0.6) is 0 Å². The second-order valence-corrected chi connectivity index (χ2v) is 7.99. The summed E-state index contributed by atoms with van der Waals surface area (Å²) in [6, 6.07) is 5.78. The zero-order valence-electron chi connectivity index (χ0n) is 16.2. The molecule has 0 bridgehead atoms. The SMILES string of the molecule is CC(C)C(NC(=O)C1CCCCC1CN1C(=O)c2ccccc2C1=O)C(=O)O. The largest absolute Gasteiger partial charge is 0.480 e. The molecule has 1 saturated carbocycles. The van der Waals surface area contributed by atoms with Gasteiger partial charge in [0.05, 0.1) is 11.1 Å². The van der Waals surface area contributed by atoms with Crippen LogP contribution in [0.2, 0.25) is 0 Å². The van der Waals surface area contributed by atoms with Gasteiger partial charge in [-0.25, -0.2) is 4.79 Å². The van der Waals surface area contributed by atoms with Gasteiger partial charge in [0.1, 0.15) is 6.04 Å². The van der Waals surface area contributed by atoms with Crippen molar-refractivity contribution >= 4 is 23.7 Å². The van der Waals surface area contributed by atoms with E-state index in [9.17, 15) is 24.3 Å². The molecular formula is C21H26N2O5. The first-order valence-corrected chi connectivity index (χ1v) is 9.79. The van der Waals surface area contributed by atoms with Gasteiger partial charge in [0.25, 0.3) is 11.8 Å². The van der Waals surface area contributed by atoms with Gasteiger partial charge in [-0.05, 0) is 36.8 Å². The molecule has 7 nitrogen and oxygen atoms in total. The van der Waals surface area contributed by atoms with Crippen LogP contribution in [-0.4, -0.2) is 46.3 Å². The van der Waals surface area contributed by atoms with Gasteiger partial charge in [-0.15, -0.1) is 0 Å². The molecule has 7 heteroatoms. The third kappa shape index (κ3) is 3.79. The van der Waals surface area contributed by atoms with Crippen LogP contribution in [0.15, 0.2) is 24.3 Å². The number of hydrogen-bond donors (Lipinski definition) is 2. The first-order chi connectivity index (χ1) is 13.3. The van der Waals surface area contributed by atoms with Gasteiger partial charge in [-0.3, -0.25) is 19.3 Å². The molecular weight excluding hydrogens is 360 g/mol. The minimum atomic E-state index is -1.06. The van der Waals surface area contributed by atoms with Crippen molar-refractivity contribution in [3.05, 3.63) is 35.4 Å². The van der Waals surface area contributed by atoms with Gasteiger partial charge in [-0.1, -0.05) is 38.8 Å². The molecule has 1 aliphatic carbocycles. The quantitative estimate of drug-likeness (QED) is 0.730. The molecule has 3 rings (SSSR count). The first kappa shape index (κ1) is 20.0. The maximum Gasteiger partial charge on any atom is 0.326 e. The number of rotatable bonds is 6. The molecule has 3 unspecified atom stereocenters. The van der Waals surface area contributed by atoms with Crippen molar-refractivity contribution in [2.45, 2.75) is 45.6 Å². The highest BCUT2D eigenvalue weighted by Gasteiger charge is 2.40. The molecule has 2 N–H and O–H groups in total. The number of carboxylic acid groups (broad SMARTS) is 1. The van der Waals surface area contributed by atoms with Crippen molar-refractivity contribution in [2.24, 2.45) is 17.8 Å². The zero-order chi connectivity index (χ0) is 20.4. The number of fused-ring (bicyclic) bond motifs is 1. The molecule has 3 amide bonds. The summed E-state index contributed by atoms with van der Waals surface area (Å²) in [5, 5.41) is 12.0. The molecule has 0 aromatic heterocycles. The lowest BCUT2D eigenvalue weighted by molar-refractivity contribution is -0.144. The van der Waals surface area contributed by atoms with Crippen LogP contribution in [0.1, 0.15) is 60.2 Å². The lowest BCUT2D eigenvalue weighted by Crippen LogP contribution is -2.50. The number of carbonyl (C=O) groups is 4. The summed E-state index contributed by atoms with van der Waals surface area (Å²) in [4.78, 5) is 50.8. The summed E-state index contributed by atoms with van der Waals surface area (Å²) in [7, 11) is 0. The summed E-state index contributed by atoms with van der Waals surface area (Å²) in [5.74, 6) is -2.82. The minimum absolute atomic E-state index is 0.169. The molecule has 1 aromatic carbocycles. The van der Waals surface area contributed by atoms with E-state index in [1.165, 1.54) is 4.90 Å². The van der Waals surface area contributed by atoms with Crippen LogP contribution in [0.4, 0.5) is 0 Å². The Morgan fingerprint density at radius 3 is 2.21 bits per heavy atom. The smallest absolute Gasteiger partial charge is 0.326 e. The molecule has 1 heterocycles. The van der Waals surface area contributed by atoms with Crippen molar-refractivity contribution < 1.29 is 24.3 Å². The van der Waals surface area contributed by atoms with Crippen LogP contribution in [0.25, 0.3) is 0 Å². The van der Waals surface area contributed by atoms with Crippen LogP contribution in [0.3, 0.4) is 0 Å². The van der Waals surface area contributed by atoms with Crippen LogP contribution in [0, 0.1) is 17.8 Å². The van der Waals surface area contributed by atoms with Crippen LogP contribution >= 0.6 is 0 Å². The van der Waals surface area contributed by atoms with E-state index in [1.54, 1.807) is 38.1 Å². The second kappa shape index (κ2) is 8.12. The number of benzene rings is 1. The van der Waals surface area contributed by atoms with E-state index in [0.29, 0.717) is 17.5 Å². The van der Waals surface area contributed by atoms with E-state index in [4.69, 9.17) is 0 Å². The van der Waals surface area contributed by atoms with E-state index in [-0.39, 0.29) is 36.1 Å². The molecule has 3 atom stereocenters. The van der Waals surface area contributed by atoms with Crippen molar-refractivity contribution in [2.75, 3.05) is 6.54 Å². The first-order valence-electron chi connectivity index (χ1n) is 9.79. The third-order valence-corrected chi connectivity index (χ3v) is 5.77. The molecule has 28 heavy (non-hydrogen) atoms. The van der Waals surface area contributed by atoms with Gasteiger partial charge in [-0.2, -0.15) is 0 Å². The van der Waals surface area contributed by atoms with Gasteiger partial charge in [0.2, 0.25) is 5.91 Å². The van der Waals surface area contributed by atoms with Crippen LogP contribution < -0.4 is 5.32 Å². The third-order valence-electron chi connectivity index (χ3n) is 5.77. The van der Waals surface area contributed by atoms with Crippen LogP contribution in [-0.2, 0) is 9.59 Å². The Morgan fingerprint density at radius 1 is 1.11 bits per heavy atom. The molecule has 0 radical (unpaired) electrons. The fraction of sp³-hybridized carbons (Fsp3) is 0.524. The Bertz CT molecular complexity index is 769.